The molecule has 0 saturated heterocycles. The van der Waals surface area contributed by atoms with E-state index in [9.17, 15) is 10.1 Å². The number of aromatic nitrogens is 1. The first-order valence-electron chi connectivity index (χ1n) is 5.87. The van der Waals surface area contributed by atoms with Gasteiger partial charge in [-0.25, -0.2) is 4.98 Å². The lowest BCUT2D eigenvalue weighted by Crippen LogP contribution is -1.85. The van der Waals surface area contributed by atoms with Crippen molar-refractivity contribution >= 4 is 27.2 Å². The molecule has 0 unspecified atom stereocenters. The third kappa shape index (κ3) is 2.21. The molecule has 0 fully saturated rings. The van der Waals surface area contributed by atoms with Gasteiger partial charge in [-0.2, -0.15) is 0 Å². The number of nitro benzene ring substituents is 1. The first-order chi connectivity index (χ1) is 9.67. The van der Waals surface area contributed by atoms with E-state index in [4.69, 9.17) is 4.74 Å². The summed E-state index contributed by atoms with van der Waals surface area (Å²) in [4.78, 5) is 14.9. The molecule has 3 aromatic rings. The van der Waals surface area contributed by atoms with Crippen molar-refractivity contribution in [2.24, 2.45) is 0 Å². The maximum absolute atomic E-state index is 10.8. The summed E-state index contributed by atoms with van der Waals surface area (Å²) in [5.41, 5.74) is 1.78. The topological polar surface area (TPSA) is 65.3 Å². The van der Waals surface area contributed by atoms with Crippen LogP contribution in [0.25, 0.3) is 20.8 Å². The van der Waals surface area contributed by atoms with Crippen LogP contribution in [0.1, 0.15) is 0 Å². The van der Waals surface area contributed by atoms with Crippen molar-refractivity contribution in [3.63, 3.8) is 0 Å². The monoisotopic (exact) mass is 286 g/mol. The van der Waals surface area contributed by atoms with E-state index in [-0.39, 0.29) is 5.69 Å². The van der Waals surface area contributed by atoms with Crippen LogP contribution in [-0.2, 0) is 0 Å². The second-order valence-electron chi connectivity index (χ2n) is 4.16. The van der Waals surface area contributed by atoms with Gasteiger partial charge in [0.2, 0.25) is 0 Å². The molecule has 0 aliphatic rings. The molecule has 0 aliphatic carbocycles. The van der Waals surface area contributed by atoms with Gasteiger partial charge in [-0.3, -0.25) is 10.1 Å². The molecule has 0 amide bonds. The number of ether oxygens (including phenoxy) is 1. The van der Waals surface area contributed by atoms with E-state index in [2.05, 4.69) is 4.98 Å². The number of benzene rings is 2. The van der Waals surface area contributed by atoms with E-state index < -0.39 is 4.92 Å². The summed E-state index contributed by atoms with van der Waals surface area (Å²) in [5.74, 6) is 0.757. The summed E-state index contributed by atoms with van der Waals surface area (Å²) in [6.07, 6.45) is 0. The highest BCUT2D eigenvalue weighted by Crippen LogP contribution is 2.33. The van der Waals surface area contributed by atoms with E-state index >= 15 is 0 Å². The number of hydrogen-bond donors (Lipinski definition) is 0. The fraction of sp³-hybridized carbons (Fsp3) is 0.0714. The SMILES string of the molecule is COc1cccc(-c2nc3ccc([N+](=O)[O-])cc3s2)c1. The minimum absolute atomic E-state index is 0.0818. The Morgan fingerprint density at radius 1 is 1.25 bits per heavy atom. The quantitative estimate of drug-likeness (QED) is 0.541. The average Bonchev–Trinajstić information content (AvgIpc) is 2.90. The molecule has 0 bridgehead atoms. The van der Waals surface area contributed by atoms with Crippen molar-refractivity contribution < 1.29 is 9.66 Å². The number of rotatable bonds is 3. The van der Waals surface area contributed by atoms with Gasteiger partial charge in [0.1, 0.15) is 10.8 Å². The molecule has 100 valence electrons. The third-order valence-electron chi connectivity index (χ3n) is 2.90. The Morgan fingerprint density at radius 3 is 2.85 bits per heavy atom. The van der Waals surface area contributed by atoms with Crippen molar-refractivity contribution in [3.8, 4) is 16.3 Å². The van der Waals surface area contributed by atoms with Gasteiger partial charge in [0, 0.05) is 17.7 Å². The number of fused-ring (bicyclic) bond motifs is 1. The fourth-order valence-corrected chi connectivity index (χ4v) is 2.90. The predicted octanol–water partition coefficient (Wildman–Crippen LogP) is 3.88. The largest absolute Gasteiger partial charge is 0.497 e. The number of thiazole rings is 1. The molecule has 2 aromatic carbocycles. The molecule has 0 radical (unpaired) electrons. The van der Waals surface area contributed by atoms with Crippen LogP contribution in [0.4, 0.5) is 5.69 Å². The summed E-state index contributed by atoms with van der Waals surface area (Å²) >= 11 is 1.43. The van der Waals surface area contributed by atoms with E-state index in [1.165, 1.54) is 17.4 Å². The minimum atomic E-state index is -0.398. The molecular weight excluding hydrogens is 276 g/mol. The first kappa shape index (κ1) is 12.6. The van der Waals surface area contributed by atoms with Gasteiger partial charge in [-0.1, -0.05) is 12.1 Å². The summed E-state index contributed by atoms with van der Waals surface area (Å²) < 4.78 is 5.99. The number of methoxy groups -OCH3 is 1. The smallest absolute Gasteiger partial charge is 0.270 e. The van der Waals surface area contributed by atoms with Gasteiger partial charge < -0.3 is 4.74 Å². The Morgan fingerprint density at radius 2 is 2.10 bits per heavy atom. The predicted molar refractivity (Wildman–Crippen MR) is 78.3 cm³/mol. The lowest BCUT2D eigenvalue weighted by atomic mass is 10.2. The number of non-ortho nitro benzene ring substituents is 1. The molecule has 0 saturated carbocycles. The highest BCUT2D eigenvalue weighted by Gasteiger charge is 2.11. The number of nitro groups is 1. The summed E-state index contributed by atoms with van der Waals surface area (Å²) in [6, 6.07) is 12.3. The van der Waals surface area contributed by atoms with E-state index in [1.807, 2.05) is 24.3 Å². The Labute approximate surface area is 118 Å². The highest BCUT2D eigenvalue weighted by atomic mass is 32.1. The zero-order valence-electron chi connectivity index (χ0n) is 10.6. The van der Waals surface area contributed by atoms with E-state index in [0.29, 0.717) is 0 Å². The summed E-state index contributed by atoms with van der Waals surface area (Å²) in [5, 5.41) is 11.6. The molecule has 0 atom stereocenters. The molecule has 3 rings (SSSR count). The lowest BCUT2D eigenvalue weighted by molar-refractivity contribution is -0.384. The molecule has 1 aromatic heterocycles. The maximum atomic E-state index is 10.8. The Kier molecular flexibility index (Phi) is 3.08. The van der Waals surface area contributed by atoms with Crippen molar-refractivity contribution in [2.45, 2.75) is 0 Å². The fourth-order valence-electron chi connectivity index (χ4n) is 1.91. The van der Waals surface area contributed by atoms with Gasteiger partial charge >= 0.3 is 0 Å². The summed E-state index contributed by atoms with van der Waals surface area (Å²) in [7, 11) is 1.61. The van der Waals surface area contributed by atoms with Crippen LogP contribution in [0.2, 0.25) is 0 Å². The molecule has 6 heteroatoms. The van der Waals surface area contributed by atoms with Crippen LogP contribution in [0.3, 0.4) is 0 Å². The van der Waals surface area contributed by atoms with Crippen LogP contribution in [-0.4, -0.2) is 17.0 Å². The van der Waals surface area contributed by atoms with Crippen molar-refractivity contribution in [3.05, 3.63) is 52.6 Å². The first-order valence-corrected chi connectivity index (χ1v) is 6.68. The van der Waals surface area contributed by atoms with Crippen LogP contribution in [0.15, 0.2) is 42.5 Å². The molecule has 1 heterocycles. The van der Waals surface area contributed by atoms with Gasteiger partial charge in [-0.05, 0) is 18.2 Å². The van der Waals surface area contributed by atoms with E-state index in [1.54, 1.807) is 19.2 Å². The second-order valence-corrected chi connectivity index (χ2v) is 5.19. The Hall–Kier alpha value is -2.47. The van der Waals surface area contributed by atoms with Crippen LogP contribution in [0, 0.1) is 10.1 Å². The molecule has 20 heavy (non-hydrogen) atoms. The highest BCUT2D eigenvalue weighted by molar-refractivity contribution is 7.21. The van der Waals surface area contributed by atoms with Crippen molar-refractivity contribution in [2.75, 3.05) is 7.11 Å². The van der Waals surface area contributed by atoms with Crippen LogP contribution in [0.5, 0.6) is 5.75 Å². The molecule has 0 N–H and O–H groups in total. The minimum Gasteiger partial charge on any atom is -0.497 e. The third-order valence-corrected chi connectivity index (χ3v) is 3.97. The Balaban J connectivity index is 2.10. The van der Waals surface area contributed by atoms with Crippen LogP contribution < -0.4 is 4.74 Å². The van der Waals surface area contributed by atoms with Crippen molar-refractivity contribution in [1.82, 2.24) is 4.98 Å². The number of nitrogens with zero attached hydrogens (tertiary/aromatic N) is 2. The normalized spacial score (nSPS) is 10.7. The molecule has 0 spiro atoms. The number of hydrogen-bond acceptors (Lipinski definition) is 5. The maximum Gasteiger partial charge on any atom is 0.270 e. The molecule has 5 nitrogen and oxygen atoms in total. The van der Waals surface area contributed by atoms with Crippen LogP contribution >= 0.6 is 11.3 Å². The Bertz CT molecular complexity index is 798. The second kappa shape index (κ2) is 4.90. The van der Waals surface area contributed by atoms with Gasteiger partial charge in [-0.15, -0.1) is 11.3 Å². The van der Waals surface area contributed by atoms with Gasteiger partial charge in [0.25, 0.3) is 5.69 Å². The van der Waals surface area contributed by atoms with Gasteiger partial charge in [0.05, 0.1) is 22.2 Å². The average molecular weight is 286 g/mol. The summed E-state index contributed by atoms with van der Waals surface area (Å²) in [6.45, 7) is 0. The zero-order chi connectivity index (χ0) is 14.1. The molecular formula is C14H10N2O3S. The van der Waals surface area contributed by atoms with Gasteiger partial charge in [0.15, 0.2) is 0 Å². The lowest BCUT2D eigenvalue weighted by Gasteiger charge is -2.00. The van der Waals surface area contributed by atoms with Crippen molar-refractivity contribution in [1.29, 1.82) is 0 Å². The standard InChI is InChI=1S/C14H10N2O3S/c1-19-11-4-2-3-9(7-11)14-15-12-6-5-10(16(17)18)8-13(12)20-14/h2-8H,1H3. The van der Waals surface area contributed by atoms with E-state index in [0.717, 1.165) is 26.5 Å². The molecule has 0 aliphatic heterocycles. The zero-order valence-corrected chi connectivity index (χ0v) is 11.4.